The molecule has 3 heteroatoms. The van der Waals surface area contributed by atoms with Gasteiger partial charge in [0.05, 0.1) is 0 Å². The third-order valence-corrected chi connectivity index (χ3v) is 1.91. The van der Waals surface area contributed by atoms with Crippen molar-refractivity contribution in [2.24, 2.45) is 5.73 Å². The molecule has 1 atom stereocenters. The molecule has 1 saturated heterocycles. The number of hydrogen-bond acceptors (Lipinski definition) is 3. The molecule has 2 nitrogen and oxygen atoms in total. The number of rotatable bonds is 1. The van der Waals surface area contributed by atoms with Gasteiger partial charge in [0.25, 0.3) is 0 Å². The van der Waals surface area contributed by atoms with Crippen molar-refractivity contribution in [1.29, 1.82) is 0 Å². The molecule has 0 aromatic heterocycles. The minimum atomic E-state index is -0.0417. The molecule has 6 heavy (non-hydrogen) atoms. The van der Waals surface area contributed by atoms with E-state index in [0.717, 1.165) is 6.54 Å². The molecule has 1 fully saturated rings. The summed E-state index contributed by atoms with van der Waals surface area (Å²) in [6, 6.07) is 0. The second-order valence-electron chi connectivity index (χ2n) is 1.45. The van der Waals surface area contributed by atoms with Crippen molar-refractivity contribution in [3.8, 4) is 0 Å². The van der Waals surface area contributed by atoms with Gasteiger partial charge in [0.15, 0.2) is 0 Å². The molecule has 0 aromatic carbocycles. The lowest BCUT2D eigenvalue weighted by molar-refractivity contribution is 0.952. The van der Waals surface area contributed by atoms with E-state index in [-0.39, 0.29) is 4.99 Å². The Bertz CT molecular complexity index is 59.8. The topological polar surface area (TPSA) is 48.0 Å². The van der Waals surface area contributed by atoms with Gasteiger partial charge in [0, 0.05) is 6.54 Å². The van der Waals surface area contributed by atoms with E-state index in [9.17, 15) is 0 Å². The molecule has 1 rings (SSSR count). The highest BCUT2D eigenvalue weighted by atomic mass is 32.2. The van der Waals surface area contributed by atoms with E-state index in [0.29, 0.717) is 0 Å². The van der Waals surface area contributed by atoms with Crippen LogP contribution in [0.25, 0.3) is 0 Å². The van der Waals surface area contributed by atoms with E-state index < -0.39 is 0 Å². The Morgan fingerprint density at radius 1 is 2.00 bits per heavy atom. The van der Waals surface area contributed by atoms with Crippen molar-refractivity contribution in [2.75, 3.05) is 12.8 Å². The average Bonchev–Trinajstić information content (AvgIpc) is 2.22. The van der Waals surface area contributed by atoms with Gasteiger partial charge in [0.1, 0.15) is 4.99 Å². The van der Waals surface area contributed by atoms with Gasteiger partial charge < -0.3 is 5.73 Å². The fourth-order valence-corrected chi connectivity index (χ4v) is 0.592. The largest absolute Gasteiger partial charge is 0.304 e. The lowest BCUT2D eigenvalue weighted by atomic mass is 10.8. The Morgan fingerprint density at radius 3 is 2.50 bits per heavy atom. The molecule has 36 valence electrons. The predicted molar refractivity (Wildman–Crippen MR) is 28.4 cm³/mol. The SMILES string of the molecule is CSC1(N)CN1. The van der Waals surface area contributed by atoms with E-state index >= 15 is 0 Å². The van der Waals surface area contributed by atoms with Gasteiger partial charge in [-0.3, -0.25) is 5.32 Å². The van der Waals surface area contributed by atoms with Gasteiger partial charge >= 0.3 is 0 Å². The molecule has 1 heterocycles. The molecule has 3 N–H and O–H groups in total. The number of thioether (sulfide) groups is 1. The van der Waals surface area contributed by atoms with Crippen LogP contribution in [0, 0.1) is 0 Å². The Balaban J connectivity index is 2.28. The quantitative estimate of drug-likeness (QED) is 0.350. The van der Waals surface area contributed by atoms with Gasteiger partial charge in [-0.15, -0.1) is 11.8 Å². The van der Waals surface area contributed by atoms with Crippen molar-refractivity contribution in [3.63, 3.8) is 0 Å². The highest BCUT2D eigenvalue weighted by molar-refractivity contribution is 8.00. The summed E-state index contributed by atoms with van der Waals surface area (Å²) in [6.07, 6.45) is 2.00. The fraction of sp³-hybridized carbons (Fsp3) is 1.00. The zero-order valence-electron chi connectivity index (χ0n) is 3.69. The molecule has 1 unspecified atom stereocenters. The lowest BCUT2D eigenvalue weighted by Crippen LogP contribution is -2.21. The van der Waals surface area contributed by atoms with Crippen LogP contribution in [0.15, 0.2) is 0 Å². The van der Waals surface area contributed by atoms with E-state index in [2.05, 4.69) is 5.32 Å². The maximum Gasteiger partial charge on any atom is 0.127 e. The van der Waals surface area contributed by atoms with Crippen LogP contribution in [0.2, 0.25) is 0 Å². The molecule has 0 radical (unpaired) electrons. The van der Waals surface area contributed by atoms with Gasteiger partial charge in [-0.05, 0) is 6.26 Å². The lowest BCUT2D eigenvalue weighted by Gasteiger charge is -1.95. The van der Waals surface area contributed by atoms with Gasteiger partial charge in [-0.2, -0.15) is 0 Å². The summed E-state index contributed by atoms with van der Waals surface area (Å²) >= 11 is 1.66. The zero-order chi connectivity index (χ0) is 4.62. The first kappa shape index (κ1) is 4.43. The summed E-state index contributed by atoms with van der Waals surface area (Å²) < 4.78 is 0. The molecule has 0 bridgehead atoms. The molecule has 1 aliphatic heterocycles. The van der Waals surface area contributed by atoms with E-state index in [1.54, 1.807) is 11.8 Å². The highest BCUT2D eigenvalue weighted by Gasteiger charge is 2.35. The first-order valence-corrected chi connectivity index (χ1v) is 3.08. The van der Waals surface area contributed by atoms with Crippen LogP contribution in [0.1, 0.15) is 0 Å². The summed E-state index contributed by atoms with van der Waals surface area (Å²) in [6.45, 7) is 0.966. The summed E-state index contributed by atoms with van der Waals surface area (Å²) in [7, 11) is 0. The number of hydrogen-bond donors (Lipinski definition) is 2. The second-order valence-corrected chi connectivity index (χ2v) is 2.58. The normalized spacial score (nSPS) is 43.0. The Hall–Kier alpha value is 0.270. The first-order chi connectivity index (χ1) is 2.77. The van der Waals surface area contributed by atoms with Crippen LogP contribution in [0.5, 0.6) is 0 Å². The standard InChI is InChI=1S/C3H8N2S/c1-6-3(4)2-5-3/h5H,2,4H2,1H3. The molecule has 1 aliphatic rings. The van der Waals surface area contributed by atoms with Gasteiger partial charge in [-0.1, -0.05) is 0 Å². The third-order valence-electron chi connectivity index (χ3n) is 0.889. The summed E-state index contributed by atoms with van der Waals surface area (Å²) in [5.41, 5.74) is 5.50. The Kier molecular flexibility index (Phi) is 0.825. The maximum absolute atomic E-state index is 5.50. The summed E-state index contributed by atoms with van der Waals surface area (Å²) in [5, 5.41) is 3.00. The van der Waals surface area contributed by atoms with Crippen LogP contribution in [0.3, 0.4) is 0 Å². The van der Waals surface area contributed by atoms with Crippen LogP contribution in [-0.4, -0.2) is 17.8 Å². The van der Waals surface area contributed by atoms with E-state index in [4.69, 9.17) is 5.73 Å². The van der Waals surface area contributed by atoms with E-state index in [1.165, 1.54) is 0 Å². The average molecular weight is 104 g/mol. The number of nitrogens with one attached hydrogen (secondary N) is 1. The highest BCUT2D eigenvalue weighted by Crippen LogP contribution is 2.20. The molecular weight excluding hydrogens is 96.1 g/mol. The van der Waals surface area contributed by atoms with Gasteiger partial charge in [0.2, 0.25) is 0 Å². The summed E-state index contributed by atoms with van der Waals surface area (Å²) in [5.74, 6) is 0. The monoisotopic (exact) mass is 104 g/mol. The summed E-state index contributed by atoms with van der Waals surface area (Å²) in [4.78, 5) is -0.0417. The van der Waals surface area contributed by atoms with Crippen molar-refractivity contribution < 1.29 is 0 Å². The first-order valence-electron chi connectivity index (χ1n) is 1.86. The second kappa shape index (κ2) is 1.12. The minimum absolute atomic E-state index is 0.0417. The molecule has 0 amide bonds. The zero-order valence-corrected chi connectivity index (χ0v) is 4.51. The third kappa shape index (κ3) is 0.668. The van der Waals surface area contributed by atoms with Crippen molar-refractivity contribution in [2.45, 2.75) is 4.99 Å². The molecule has 0 spiro atoms. The molecule has 0 saturated carbocycles. The predicted octanol–water partition coefficient (Wildman–Crippen LogP) is -0.435. The fourth-order valence-electron chi connectivity index (χ4n) is 0.231. The van der Waals surface area contributed by atoms with Crippen LogP contribution in [0.4, 0.5) is 0 Å². The van der Waals surface area contributed by atoms with Crippen LogP contribution < -0.4 is 11.1 Å². The Morgan fingerprint density at radius 2 is 2.50 bits per heavy atom. The smallest absolute Gasteiger partial charge is 0.127 e. The van der Waals surface area contributed by atoms with Crippen LogP contribution in [-0.2, 0) is 0 Å². The van der Waals surface area contributed by atoms with Crippen LogP contribution >= 0.6 is 11.8 Å². The number of nitrogens with two attached hydrogens (primary N) is 1. The van der Waals surface area contributed by atoms with Crippen molar-refractivity contribution in [3.05, 3.63) is 0 Å². The molecule has 0 aromatic rings. The Labute approximate surface area is 41.5 Å². The van der Waals surface area contributed by atoms with Crippen molar-refractivity contribution >= 4 is 11.8 Å². The maximum atomic E-state index is 5.50. The van der Waals surface area contributed by atoms with E-state index in [1.807, 2.05) is 6.26 Å². The van der Waals surface area contributed by atoms with Crippen molar-refractivity contribution in [1.82, 2.24) is 5.32 Å². The molecular formula is C3H8N2S. The minimum Gasteiger partial charge on any atom is -0.304 e. The molecule has 0 aliphatic carbocycles. The van der Waals surface area contributed by atoms with Gasteiger partial charge in [-0.25, -0.2) is 0 Å².